The van der Waals surface area contributed by atoms with Crippen LogP contribution >= 0.6 is 23.2 Å². The molecule has 0 aliphatic carbocycles. The van der Waals surface area contributed by atoms with Gasteiger partial charge in [-0.25, -0.2) is 9.97 Å². The predicted octanol–water partition coefficient (Wildman–Crippen LogP) is 5.68. The van der Waals surface area contributed by atoms with Crippen LogP contribution in [0.3, 0.4) is 0 Å². The number of hydrogen-bond donors (Lipinski definition) is 1. The number of aryl methyl sites for hydroxylation is 1. The molecule has 4 aromatic rings. The third-order valence-corrected chi connectivity index (χ3v) is 5.72. The largest absolute Gasteiger partial charge is 0.348 e. The lowest BCUT2D eigenvalue weighted by Gasteiger charge is -2.13. The van der Waals surface area contributed by atoms with E-state index in [1.54, 1.807) is 43.7 Å². The maximum Gasteiger partial charge on any atom is 0.251 e. The molecule has 1 amide bonds. The van der Waals surface area contributed by atoms with E-state index in [2.05, 4.69) is 15.3 Å². The molecule has 0 fully saturated rings. The first kappa shape index (κ1) is 22.0. The third-order valence-electron chi connectivity index (χ3n) is 4.98. The number of aromatic nitrogens is 3. The van der Waals surface area contributed by atoms with Crippen LogP contribution in [-0.4, -0.2) is 20.4 Å². The van der Waals surface area contributed by atoms with Crippen molar-refractivity contribution in [3.05, 3.63) is 106 Å². The van der Waals surface area contributed by atoms with Crippen LogP contribution in [0.1, 0.15) is 27.2 Å². The van der Waals surface area contributed by atoms with Crippen molar-refractivity contribution in [3.8, 4) is 11.1 Å². The van der Waals surface area contributed by atoms with Crippen LogP contribution in [0.2, 0.25) is 10.0 Å². The van der Waals surface area contributed by atoms with Crippen LogP contribution in [0.4, 0.5) is 4.39 Å². The molecule has 0 aliphatic rings. The van der Waals surface area contributed by atoms with Crippen molar-refractivity contribution in [2.24, 2.45) is 0 Å². The lowest BCUT2D eigenvalue weighted by Crippen LogP contribution is -2.23. The maximum atomic E-state index is 13.5. The van der Waals surface area contributed by atoms with Crippen LogP contribution in [0.25, 0.3) is 11.1 Å². The third kappa shape index (κ3) is 5.15. The summed E-state index contributed by atoms with van der Waals surface area (Å²) in [6, 6.07) is 13.8. The Hall–Kier alpha value is -3.22. The molecule has 0 radical (unpaired) electrons. The molecular formula is C24H19Cl2FN4O. The van der Waals surface area contributed by atoms with E-state index in [1.807, 2.05) is 29.0 Å². The molecule has 2 aromatic carbocycles. The SMILES string of the molecule is Cc1nc(F)ccc1-c1cc(Cn2ccnc2)cc(C(=O)NCc2ccc(Cl)c(Cl)c2)c1. The van der Waals surface area contributed by atoms with Crippen molar-refractivity contribution in [1.29, 1.82) is 0 Å². The zero-order valence-corrected chi connectivity index (χ0v) is 18.7. The normalized spacial score (nSPS) is 10.9. The van der Waals surface area contributed by atoms with E-state index in [0.29, 0.717) is 34.4 Å². The van der Waals surface area contributed by atoms with Gasteiger partial charge in [0.1, 0.15) is 0 Å². The van der Waals surface area contributed by atoms with Gasteiger partial charge in [-0.15, -0.1) is 0 Å². The van der Waals surface area contributed by atoms with Crippen molar-refractivity contribution in [3.63, 3.8) is 0 Å². The molecule has 0 atom stereocenters. The highest BCUT2D eigenvalue weighted by Gasteiger charge is 2.13. The molecule has 0 spiro atoms. The van der Waals surface area contributed by atoms with Gasteiger partial charge in [0.15, 0.2) is 0 Å². The number of imidazole rings is 1. The van der Waals surface area contributed by atoms with Crippen LogP contribution < -0.4 is 5.32 Å². The summed E-state index contributed by atoms with van der Waals surface area (Å²) in [5.41, 5.74) is 4.32. The smallest absolute Gasteiger partial charge is 0.251 e. The van der Waals surface area contributed by atoms with E-state index in [4.69, 9.17) is 23.2 Å². The van der Waals surface area contributed by atoms with Gasteiger partial charge < -0.3 is 9.88 Å². The first-order valence-corrected chi connectivity index (χ1v) is 10.6. The van der Waals surface area contributed by atoms with E-state index in [9.17, 15) is 9.18 Å². The van der Waals surface area contributed by atoms with Gasteiger partial charge in [-0.05, 0) is 66.1 Å². The van der Waals surface area contributed by atoms with Gasteiger partial charge in [0.2, 0.25) is 5.95 Å². The number of halogens is 3. The summed E-state index contributed by atoms with van der Waals surface area (Å²) in [5, 5.41) is 3.81. The molecule has 1 N–H and O–H groups in total. The minimum absolute atomic E-state index is 0.238. The Morgan fingerprint density at radius 1 is 1.06 bits per heavy atom. The fraction of sp³-hybridized carbons (Fsp3) is 0.125. The van der Waals surface area contributed by atoms with Crippen LogP contribution in [0.5, 0.6) is 0 Å². The second-order valence-corrected chi connectivity index (χ2v) is 8.17. The van der Waals surface area contributed by atoms with Crippen molar-refractivity contribution >= 4 is 29.1 Å². The number of nitrogens with one attached hydrogen (secondary N) is 1. The number of carbonyl (C=O) groups excluding carboxylic acids is 1. The van der Waals surface area contributed by atoms with Gasteiger partial charge in [-0.2, -0.15) is 4.39 Å². The summed E-state index contributed by atoms with van der Waals surface area (Å²) in [6.07, 6.45) is 5.26. The number of nitrogens with zero attached hydrogens (tertiary/aromatic N) is 3. The van der Waals surface area contributed by atoms with Gasteiger partial charge in [-0.3, -0.25) is 4.79 Å². The monoisotopic (exact) mass is 468 g/mol. The summed E-state index contributed by atoms with van der Waals surface area (Å²) in [7, 11) is 0. The van der Waals surface area contributed by atoms with Gasteiger partial charge >= 0.3 is 0 Å². The van der Waals surface area contributed by atoms with Gasteiger partial charge in [0.05, 0.1) is 16.4 Å². The van der Waals surface area contributed by atoms with Gasteiger partial charge in [-0.1, -0.05) is 29.3 Å². The molecule has 0 aliphatic heterocycles. The summed E-state index contributed by atoms with van der Waals surface area (Å²) in [6.45, 7) is 2.58. The molecule has 32 heavy (non-hydrogen) atoms. The molecule has 2 aromatic heterocycles. The molecule has 5 nitrogen and oxygen atoms in total. The molecular weight excluding hydrogens is 450 g/mol. The Morgan fingerprint density at radius 2 is 1.91 bits per heavy atom. The quantitative estimate of drug-likeness (QED) is 0.370. The Kier molecular flexibility index (Phi) is 6.53. The second kappa shape index (κ2) is 9.51. The summed E-state index contributed by atoms with van der Waals surface area (Å²) in [5.74, 6) is -0.780. The molecule has 0 unspecified atom stereocenters. The zero-order valence-electron chi connectivity index (χ0n) is 17.1. The zero-order chi connectivity index (χ0) is 22.7. The van der Waals surface area contributed by atoms with Crippen molar-refractivity contribution < 1.29 is 9.18 Å². The van der Waals surface area contributed by atoms with E-state index in [-0.39, 0.29) is 5.91 Å². The molecule has 0 bridgehead atoms. The molecule has 162 valence electrons. The minimum Gasteiger partial charge on any atom is -0.348 e. The Labute approximate surface area is 194 Å². The number of rotatable bonds is 6. The highest BCUT2D eigenvalue weighted by molar-refractivity contribution is 6.42. The Morgan fingerprint density at radius 3 is 2.62 bits per heavy atom. The predicted molar refractivity (Wildman–Crippen MR) is 123 cm³/mol. The average molecular weight is 469 g/mol. The Balaban J connectivity index is 1.64. The van der Waals surface area contributed by atoms with Crippen molar-refractivity contribution in [1.82, 2.24) is 19.9 Å². The van der Waals surface area contributed by atoms with E-state index in [1.165, 1.54) is 6.07 Å². The Bertz CT molecular complexity index is 1280. The summed E-state index contributed by atoms with van der Waals surface area (Å²) >= 11 is 12.0. The highest BCUT2D eigenvalue weighted by Crippen LogP contribution is 2.26. The van der Waals surface area contributed by atoms with Crippen LogP contribution in [0, 0.1) is 12.9 Å². The number of carbonyl (C=O) groups is 1. The van der Waals surface area contributed by atoms with Crippen molar-refractivity contribution in [2.45, 2.75) is 20.0 Å². The molecule has 0 saturated carbocycles. The number of amides is 1. The van der Waals surface area contributed by atoms with Crippen LogP contribution in [0.15, 0.2) is 67.3 Å². The summed E-state index contributed by atoms with van der Waals surface area (Å²) in [4.78, 5) is 21.0. The van der Waals surface area contributed by atoms with E-state index < -0.39 is 5.95 Å². The first-order chi connectivity index (χ1) is 15.4. The number of benzene rings is 2. The molecule has 8 heteroatoms. The first-order valence-electron chi connectivity index (χ1n) is 9.84. The molecule has 0 saturated heterocycles. The summed E-state index contributed by atoms with van der Waals surface area (Å²) < 4.78 is 15.4. The van der Waals surface area contributed by atoms with E-state index >= 15 is 0 Å². The van der Waals surface area contributed by atoms with Crippen LogP contribution in [-0.2, 0) is 13.1 Å². The lowest BCUT2D eigenvalue weighted by atomic mass is 9.98. The maximum absolute atomic E-state index is 13.5. The van der Waals surface area contributed by atoms with Gasteiger partial charge in [0.25, 0.3) is 5.91 Å². The van der Waals surface area contributed by atoms with Crippen molar-refractivity contribution in [2.75, 3.05) is 0 Å². The second-order valence-electron chi connectivity index (χ2n) is 7.35. The standard InChI is InChI=1S/C24H19Cl2FN4O/c1-15-20(3-5-23(27)30-15)18-8-17(13-31-7-6-28-14-31)9-19(11-18)24(32)29-12-16-2-4-21(25)22(26)10-16/h2-11,14H,12-13H2,1H3,(H,29,32). The molecule has 2 heterocycles. The average Bonchev–Trinajstić information content (AvgIpc) is 3.27. The highest BCUT2D eigenvalue weighted by atomic mass is 35.5. The number of pyridine rings is 1. The topological polar surface area (TPSA) is 59.8 Å². The molecule has 4 rings (SSSR count). The van der Waals surface area contributed by atoms with E-state index in [0.717, 1.165) is 22.3 Å². The fourth-order valence-electron chi connectivity index (χ4n) is 3.43. The number of hydrogen-bond acceptors (Lipinski definition) is 3. The van der Waals surface area contributed by atoms with Gasteiger partial charge in [0, 0.05) is 42.3 Å². The minimum atomic E-state index is -0.541. The fourth-order valence-corrected chi connectivity index (χ4v) is 3.75. The lowest BCUT2D eigenvalue weighted by molar-refractivity contribution is 0.0951.